The van der Waals surface area contributed by atoms with Crippen LogP contribution in [-0.4, -0.2) is 42.9 Å². The van der Waals surface area contributed by atoms with E-state index in [-0.39, 0.29) is 23.7 Å². The molecule has 152 valence electrons. The number of ketones is 1. The van der Waals surface area contributed by atoms with Crippen molar-refractivity contribution in [1.29, 1.82) is 0 Å². The van der Waals surface area contributed by atoms with Crippen LogP contribution >= 0.6 is 0 Å². The Kier molecular flexibility index (Phi) is 7.17. The summed E-state index contributed by atoms with van der Waals surface area (Å²) >= 11 is 0. The molecule has 1 amide bonds. The number of nitrogens with one attached hydrogen (secondary N) is 1. The minimum atomic E-state index is -4.53. The van der Waals surface area contributed by atoms with E-state index in [1.54, 1.807) is 0 Å². The summed E-state index contributed by atoms with van der Waals surface area (Å²) in [5.41, 5.74) is -1.07. The molecule has 1 aromatic rings. The van der Waals surface area contributed by atoms with Crippen LogP contribution in [0.4, 0.5) is 18.0 Å². The molecule has 0 aliphatic carbocycles. The van der Waals surface area contributed by atoms with Gasteiger partial charge in [-0.3, -0.25) is 9.78 Å². The predicted octanol–water partition coefficient (Wildman–Crippen LogP) is 4.33. The number of amides is 1. The average Bonchev–Trinajstić information content (AvgIpc) is 2.50. The molecule has 0 radical (unpaired) electrons. The van der Waals surface area contributed by atoms with Crippen LogP contribution in [0.25, 0.3) is 0 Å². The molecule has 0 aromatic carbocycles. The fourth-order valence-electron chi connectivity index (χ4n) is 1.99. The standard InChI is InChI=1S/C17H25F3N2O4Si/c1-16(2,3)27(4,5)26-12(10-22-15(24)25)8-14(23)13-7-6-11(9-21-13)17(18,19)20/h6-7,9,12,22H,8,10H2,1-5H3,(H,24,25). The van der Waals surface area contributed by atoms with Gasteiger partial charge in [-0.15, -0.1) is 0 Å². The number of carbonyl (C=O) groups excluding carboxylic acids is 1. The molecule has 2 N–H and O–H groups in total. The molecule has 1 aromatic heterocycles. The Bertz CT molecular complexity index is 670. The maximum Gasteiger partial charge on any atom is 0.417 e. The highest BCUT2D eigenvalue weighted by atomic mass is 28.4. The third kappa shape index (κ3) is 6.94. The lowest BCUT2D eigenvalue weighted by atomic mass is 10.1. The Morgan fingerprint density at radius 3 is 2.26 bits per heavy atom. The first-order valence-corrected chi connectivity index (χ1v) is 11.3. The smallest absolute Gasteiger partial charge is 0.417 e. The van der Waals surface area contributed by atoms with Gasteiger partial charge in [0.2, 0.25) is 0 Å². The Morgan fingerprint density at radius 1 is 1.26 bits per heavy atom. The maximum absolute atomic E-state index is 12.6. The number of carboxylic acid groups (broad SMARTS) is 1. The molecule has 1 atom stereocenters. The van der Waals surface area contributed by atoms with Crippen LogP contribution in [-0.2, 0) is 10.6 Å². The van der Waals surface area contributed by atoms with E-state index in [9.17, 15) is 22.8 Å². The normalized spacial score (nSPS) is 13.9. The van der Waals surface area contributed by atoms with Crippen LogP contribution in [0.1, 0.15) is 43.2 Å². The van der Waals surface area contributed by atoms with E-state index in [2.05, 4.69) is 10.3 Å². The molecule has 27 heavy (non-hydrogen) atoms. The van der Waals surface area contributed by atoms with E-state index in [4.69, 9.17) is 9.53 Å². The van der Waals surface area contributed by atoms with Gasteiger partial charge in [0.15, 0.2) is 14.1 Å². The second-order valence-corrected chi connectivity index (χ2v) is 12.5. The fourth-order valence-corrected chi connectivity index (χ4v) is 3.34. The molecule has 0 saturated heterocycles. The summed E-state index contributed by atoms with van der Waals surface area (Å²) in [6, 6.07) is 1.80. The molecular weight excluding hydrogens is 381 g/mol. The summed E-state index contributed by atoms with van der Waals surface area (Å²) in [6.07, 6.45) is -6.11. The molecule has 1 rings (SSSR count). The van der Waals surface area contributed by atoms with Gasteiger partial charge in [-0.1, -0.05) is 20.8 Å². The highest BCUT2D eigenvalue weighted by Crippen LogP contribution is 2.37. The van der Waals surface area contributed by atoms with E-state index in [0.29, 0.717) is 6.20 Å². The lowest BCUT2D eigenvalue weighted by Gasteiger charge is -2.39. The quantitative estimate of drug-likeness (QED) is 0.520. The number of hydrogen-bond donors (Lipinski definition) is 2. The molecule has 0 fully saturated rings. The first-order chi connectivity index (χ1) is 12.1. The zero-order valence-corrected chi connectivity index (χ0v) is 17.0. The van der Waals surface area contributed by atoms with Crippen LogP contribution in [0.3, 0.4) is 0 Å². The van der Waals surface area contributed by atoms with Gasteiger partial charge in [0.25, 0.3) is 0 Å². The average molecular weight is 406 g/mol. The summed E-state index contributed by atoms with van der Waals surface area (Å²) in [4.78, 5) is 26.8. The van der Waals surface area contributed by atoms with Gasteiger partial charge in [-0.05, 0) is 30.3 Å². The number of alkyl halides is 3. The van der Waals surface area contributed by atoms with Crippen molar-refractivity contribution in [3.8, 4) is 0 Å². The molecule has 0 bridgehead atoms. The second kappa shape index (κ2) is 8.38. The Balaban J connectivity index is 2.93. The number of hydrogen-bond acceptors (Lipinski definition) is 4. The van der Waals surface area contributed by atoms with Crippen LogP contribution in [0.15, 0.2) is 18.3 Å². The third-order valence-electron chi connectivity index (χ3n) is 4.54. The van der Waals surface area contributed by atoms with E-state index in [1.165, 1.54) is 0 Å². The van der Waals surface area contributed by atoms with Crippen LogP contribution in [0.5, 0.6) is 0 Å². The van der Waals surface area contributed by atoms with E-state index < -0.39 is 38.0 Å². The number of aromatic nitrogens is 1. The first-order valence-electron chi connectivity index (χ1n) is 8.34. The topological polar surface area (TPSA) is 88.5 Å². The highest BCUT2D eigenvalue weighted by Gasteiger charge is 2.39. The van der Waals surface area contributed by atoms with Gasteiger partial charge in [0.1, 0.15) is 5.69 Å². The minimum absolute atomic E-state index is 0.103. The molecule has 0 spiro atoms. The number of pyridine rings is 1. The number of rotatable bonds is 7. The lowest BCUT2D eigenvalue weighted by molar-refractivity contribution is -0.137. The van der Waals surface area contributed by atoms with Crippen molar-refractivity contribution >= 4 is 20.2 Å². The van der Waals surface area contributed by atoms with Gasteiger partial charge in [-0.2, -0.15) is 13.2 Å². The lowest BCUT2D eigenvalue weighted by Crippen LogP contribution is -2.47. The van der Waals surface area contributed by atoms with E-state index >= 15 is 0 Å². The Labute approximate surface area is 157 Å². The zero-order valence-electron chi connectivity index (χ0n) is 16.0. The van der Waals surface area contributed by atoms with E-state index in [1.807, 2.05) is 33.9 Å². The molecule has 0 saturated carbocycles. The highest BCUT2D eigenvalue weighted by molar-refractivity contribution is 6.74. The Morgan fingerprint density at radius 2 is 1.85 bits per heavy atom. The van der Waals surface area contributed by atoms with Crippen molar-refractivity contribution in [3.63, 3.8) is 0 Å². The molecule has 10 heteroatoms. The predicted molar refractivity (Wildman–Crippen MR) is 96.3 cm³/mol. The zero-order chi connectivity index (χ0) is 21.0. The van der Waals surface area contributed by atoms with Gasteiger partial charge in [0.05, 0.1) is 11.7 Å². The van der Waals surface area contributed by atoms with E-state index in [0.717, 1.165) is 12.1 Å². The van der Waals surface area contributed by atoms with Gasteiger partial charge >= 0.3 is 12.3 Å². The van der Waals surface area contributed by atoms with Crippen molar-refractivity contribution in [2.45, 2.75) is 57.6 Å². The Hall–Kier alpha value is -1.94. The van der Waals surface area contributed by atoms with Crippen LogP contribution in [0.2, 0.25) is 18.1 Å². The number of carbonyl (C=O) groups is 2. The second-order valence-electron chi connectivity index (χ2n) is 7.74. The number of nitrogens with zero attached hydrogens (tertiary/aromatic N) is 1. The van der Waals surface area contributed by atoms with Crippen LogP contribution in [0, 0.1) is 0 Å². The van der Waals surface area contributed by atoms with Crippen molar-refractivity contribution in [2.75, 3.05) is 6.54 Å². The molecule has 0 aliphatic rings. The SMILES string of the molecule is CC(C)(C)[Si](C)(C)OC(CNC(=O)O)CC(=O)c1ccc(C(F)(F)F)cn1. The van der Waals surface area contributed by atoms with Crippen molar-refractivity contribution < 1.29 is 32.3 Å². The van der Waals surface area contributed by atoms with Gasteiger partial charge in [0, 0.05) is 19.2 Å². The molecule has 1 unspecified atom stereocenters. The van der Waals surface area contributed by atoms with Gasteiger partial charge < -0.3 is 14.8 Å². The summed E-state index contributed by atoms with van der Waals surface area (Å²) in [5.74, 6) is -0.514. The van der Waals surface area contributed by atoms with Crippen LogP contribution < -0.4 is 5.32 Å². The molecule has 1 heterocycles. The van der Waals surface area contributed by atoms with Crippen molar-refractivity contribution in [1.82, 2.24) is 10.3 Å². The minimum Gasteiger partial charge on any atom is -0.465 e. The van der Waals surface area contributed by atoms with Crippen molar-refractivity contribution in [2.24, 2.45) is 0 Å². The number of halogens is 3. The summed E-state index contributed by atoms with van der Waals surface area (Å²) in [6.45, 7) is 9.82. The van der Waals surface area contributed by atoms with Crippen molar-refractivity contribution in [3.05, 3.63) is 29.6 Å². The maximum atomic E-state index is 12.6. The number of Topliss-reactive ketones (excluding diaryl/α,β-unsaturated/α-hetero) is 1. The molecule has 0 aliphatic heterocycles. The summed E-state index contributed by atoms with van der Waals surface area (Å²) < 4.78 is 43.9. The van der Waals surface area contributed by atoms with Gasteiger partial charge in [-0.25, -0.2) is 4.79 Å². The monoisotopic (exact) mass is 406 g/mol. The first kappa shape index (κ1) is 23.1. The molecular formula is C17H25F3N2O4Si. The summed E-state index contributed by atoms with van der Waals surface area (Å²) in [5, 5.41) is 10.9. The summed E-state index contributed by atoms with van der Waals surface area (Å²) in [7, 11) is -2.30. The third-order valence-corrected chi connectivity index (χ3v) is 9.07. The molecule has 6 nitrogen and oxygen atoms in total. The fraction of sp³-hybridized carbons (Fsp3) is 0.588. The largest absolute Gasteiger partial charge is 0.465 e.